The quantitative estimate of drug-likeness (QED) is 0.774. The van der Waals surface area contributed by atoms with Crippen LogP contribution in [0.25, 0.3) is 10.9 Å². The molecule has 1 aliphatic rings. The maximum Gasteiger partial charge on any atom is 0.139 e. The molecule has 82 valence electrons. The third-order valence-corrected chi connectivity index (χ3v) is 3.05. The average Bonchev–Trinajstić information content (AvgIpc) is 2.75. The van der Waals surface area contributed by atoms with Gasteiger partial charge in [0.25, 0.3) is 0 Å². The van der Waals surface area contributed by atoms with E-state index in [2.05, 4.69) is 20.9 Å². The number of rotatable bonds is 1. The van der Waals surface area contributed by atoms with Gasteiger partial charge in [-0.2, -0.15) is 0 Å². The molecule has 0 unspecified atom stereocenters. The molecule has 0 amide bonds. The summed E-state index contributed by atoms with van der Waals surface area (Å²) in [6.45, 7) is 1.88. The number of fused-ring (bicyclic) bond motifs is 1. The molecule has 0 bridgehead atoms. The first kappa shape index (κ1) is 9.54. The number of anilines is 1. The predicted octanol–water partition coefficient (Wildman–Crippen LogP) is 1.17. The molecule has 1 aromatic carbocycles. The van der Waals surface area contributed by atoms with Crippen LogP contribution in [0.1, 0.15) is 6.42 Å². The van der Waals surface area contributed by atoms with Crippen LogP contribution in [0.15, 0.2) is 30.6 Å². The van der Waals surface area contributed by atoms with Crippen LogP contribution in [-0.4, -0.2) is 29.1 Å². The van der Waals surface area contributed by atoms with Crippen molar-refractivity contribution < 1.29 is 0 Å². The van der Waals surface area contributed by atoms with Crippen molar-refractivity contribution in [3.05, 3.63) is 30.6 Å². The van der Waals surface area contributed by atoms with Crippen LogP contribution in [0, 0.1) is 0 Å². The molecule has 0 radical (unpaired) electrons. The van der Waals surface area contributed by atoms with E-state index in [-0.39, 0.29) is 6.04 Å². The molecule has 4 heteroatoms. The molecule has 1 aromatic heterocycles. The topological polar surface area (TPSA) is 55.0 Å². The molecule has 0 spiro atoms. The summed E-state index contributed by atoms with van der Waals surface area (Å²) in [5.41, 5.74) is 6.91. The molecule has 2 aromatic rings. The lowest BCUT2D eigenvalue weighted by Gasteiger charge is -2.18. The van der Waals surface area contributed by atoms with Gasteiger partial charge in [-0.1, -0.05) is 12.1 Å². The number of aromatic nitrogens is 2. The number of hydrogen-bond donors (Lipinski definition) is 1. The van der Waals surface area contributed by atoms with E-state index in [1.54, 1.807) is 6.33 Å². The third-order valence-electron chi connectivity index (χ3n) is 3.05. The van der Waals surface area contributed by atoms with Gasteiger partial charge in [-0.15, -0.1) is 0 Å². The minimum Gasteiger partial charge on any atom is -0.354 e. The second-order valence-corrected chi connectivity index (χ2v) is 4.21. The van der Waals surface area contributed by atoms with E-state index in [0.717, 1.165) is 36.2 Å². The van der Waals surface area contributed by atoms with Gasteiger partial charge in [0, 0.05) is 24.5 Å². The van der Waals surface area contributed by atoms with Crippen LogP contribution in [-0.2, 0) is 0 Å². The fourth-order valence-electron chi connectivity index (χ4n) is 2.22. The lowest BCUT2D eigenvalue weighted by atomic mass is 10.2. The lowest BCUT2D eigenvalue weighted by Crippen LogP contribution is -2.27. The largest absolute Gasteiger partial charge is 0.354 e. The van der Waals surface area contributed by atoms with Crippen LogP contribution in [0.4, 0.5) is 5.82 Å². The van der Waals surface area contributed by atoms with Gasteiger partial charge in [0.2, 0.25) is 0 Å². The SMILES string of the molecule is N[C@H]1CCN(c2ncnc3ccccc23)C1. The molecular weight excluding hydrogens is 200 g/mol. The van der Waals surface area contributed by atoms with E-state index in [1.165, 1.54) is 0 Å². The number of hydrogen-bond acceptors (Lipinski definition) is 4. The average molecular weight is 214 g/mol. The Labute approximate surface area is 94.1 Å². The van der Waals surface area contributed by atoms with Gasteiger partial charge in [0.05, 0.1) is 5.52 Å². The molecule has 16 heavy (non-hydrogen) atoms. The van der Waals surface area contributed by atoms with Crippen molar-refractivity contribution in [2.24, 2.45) is 5.73 Å². The second-order valence-electron chi connectivity index (χ2n) is 4.21. The summed E-state index contributed by atoms with van der Waals surface area (Å²) in [5, 5.41) is 1.11. The molecule has 0 saturated carbocycles. The Balaban J connectivity index is 2.09. The summed E-state index contributed by atoms with van der Waals surface area (Å²) in [6, 6.07) is 8.36. The van der Waals surface area contributed by atoms with Crippen molar-refractivity contribution in [1.82, 2.24) is 9.97 Å². The van der Waals surface area contributed by atoms with Crippen molar-refractivity contribution in [1.29, 1.82) is 0 Å². The van der Waals surface area contributed by atoms with Crippen LogP contribution in [0.3, 0.4) is 0 Å². The van der Waals surface area contributed by atoms with Gasteiger partial charge in [-0.05, 0) is 18.6 Å². The minimum absolute atomic E-state index is 0.272. The van der Waals surface area contributed by atoms with Gasteiger partial charge in [0.15, 0.2) is 0 Å². The Morgan fingerprint density at radius 3 is 2.94 bits per heavy atom. The first-order chi connectivity index (χ1) is 7.84. The lowest BCUT2D eigenvalue weighted by molar-refractivity contribution is 0.751. The number of nitrogens with zero attached hydrogens (tertiary/aromatic N) is 3. The molecule has 0 aliphatic carbocycles. The summed E-state index contributed by atoms with van der Waals surface area (Å²) in [6.07, 6.45) is 2.67. The molecule has 1 fully saturated rings. The molecule has 4 nitrogen and oxygen atoms in total. The fraction of sp³-hybridized carbons (Fsp3) is 0.333. The van der Waals surface area contributed by atoms with E-state index < -0.39 is 0 Å². The first-order valence-corrected chi connectivity index (χ1v) is 5.55. The highest BCUT2D eigenvalue weighted by atomic mass is 15.2. The monoisotopic (exact) mass is 214 g/mol. The summed E-state index contributed by atoms with van der Waals surface area (Å²) in [7, 11) is 0. The Morgan fingerprint density at radius 1 is 1.25 bits per heavy atom. The van der Waals surface area contributed by atoms with Crippen molar-refractivity contribution in [3.63, 3.8) is 0 Å². The van der Waals surface area contributed by atoms with Crippen molar-refractivity contribution in [3.8, 4) is 0 Å². The first-order valence-electron chi connectivity index (χ1n) is 5.55. The van der Waals surface area contributed by atoms with Gasteiger partial charge in [-0.3, -0.25) is 0 Å². The predicted molar refractivity (Wildman–Crippen MR) is 64.3 cm³/mol. The van der Waals surface area contributed by atoms with E-state index in [1.807, 2.05) is 18.2 Å². The molecule has 1 aliphatic heterocycles. The summed E-state index contributed by atoms with van der Waals surface area (Å²) in [5.74, 6) is 1.01. The van der Waals surface area contributed by atoms with Crippen LogP contribution >= 0.6 is 0 Å². The highest BCUT2D eigenvalue weighted by Crippen LogP contribution is 2.25. The zero-order valence-corrected chi connectivity index (χ0v) is 9.00. The Bertz CT molecular complexity index is 506. The van der Waals surface area contributed by atoms with Gasteiger partial charge >= 0.3 is 0 Å². The Hall–Kier alpha value is -1.68. The molecule has 1 saturated heterocycles. The molecule has 2 N–H and O–H groups in total. The minimum atomic E-state index is 0.272. The Kier molecular flexibility index (Phi) is 2.22. The van der Waals surface area contributed by atoms with Crippen LogP contribution < -0.4 is 10.6 Å². The van der Waals surface area contributed by atoms with Crippen molar-refractivity contribution in [2.45, 2.75) is 12.5 Å². The second kappa shape index (κ2) is 3.72. The number of nitrogens with two attached hydrogens (primary N) is 1. The number of para-hydroxylation sites is 1. The standard InChI is InChI=1S/C12H14N4/c13-9-5-6-16(7-9)12-10-3-1-2-4-11(10)14-8-15-12/h1-4,8-9H,5-7,13H2/t9-/m0/s1. The van der Waals surface area contributed by atoms with Gasteiger partial charge in [0.1, 0.15) is 12.1 Å². The Morgan fingerprint density at radius 2 is 2.12 bits per heavy atom. The molecule has 2 heterocycles. The molecule has 1 atom stereocenters. The smallest absolute Gasteiger partial charge is 0.139 e. The van der Waals surface area contributed by atoms with Crippen LogP contribution in [0.5, 0.6) is 0 Å². The fourth-order valence-corrected chi connectivity index (χ4v) is 2.22. The normalized spacial score (nSPS) is 20.6. The van der Waals surface area contributed by atoms with Crippen molar-refractivity contribution >= 4 is 16.7 Å². The zero-order chi connectivity index (χ0) is 11.0. The number of benzene rings is 1. The summed E-state index contributed by atoms with van der Waals surface area (Å²) < 4.78 is 0. The summed E-state index contributed by atoms with van der Waals surface area (Å²) in [4.78, 5) is 10.9. The van der Waals surface area contributed by atoms with E-state index in [4.69, 9.17) is 5.73 Å². The van der Waals surface area contributed by atoms with E-state index in [9.17, 15) is 0 Å². The highest BCUT2D eigenvalue weighted by Gasteiger charge is 2.21. The summed E-state index contributed by atoms with van der Waals surface area (Å²) >= 11 is 0. The molecular formula is C12H14N4. The van der Waals surface area contributed by atoms with Gasteiger partial charge < -0.3 is 10.6 Å². The highest BCUT2D eigenvalue weighted by molar-refractivity contribution is 5.89. The van der Waals surface area contributed by atoms with E-state index >= 15 is 0 Å². The van der Waals surface area contributed by atoms with Crippen LogP contribution in [0.2, 0.25) is 0 Å². The van der Waals surface area contributed by atoms with Gasteiger partial charge in [-0.25, -0.2) is 9.97 Å². The molecule has 3 rings (SSSR count). The maximum atomic E-state index is 5.92. The zero-order valence-electron chi connectivity index (χ0n) is 9.00. The van der Waals surface area contributed by atoms with Crippen molar-refractivity contribution in [2.75, 3.05) is 18.0 Å². The maximum absolute atomic E-state index is 5.92. The third kappa shape index (κ3) is 1.51. The van der Waals surface area contributed by atoms with E-state index in [0.29, 0.717) is 0 Å².